The molecule has 4 nitrogen and oxygen atoms in total. The summed E-state index contributed by atoms with van der Waals surface area (Å²) < 4.78 is 0. The predicted molar refractivity (Wildman–Crippen MR) is 99.6 cm³/mol. The molecule has 6 heteroatoms. The summed E-state index contributed by atoms with van der Waals surface area (Å²) in [5, 5.41) is 6.70. The highest BCUT2D eigenvalue weighted by atomic mass is 35.5. The summed E-state index contributed by atoms with van der Waals surface area (Å²) in [6.07, 6.45) is 7.01. The summed E-state index contributed by atoms with van der Waals surface area (Å²) in [6.45, 7) is 7.87. The zero-order chi connectivity index (χ0) is 14.8. The molecule has 0 aromatic rings. The maximum Gasteiger partial charge on any atom is 0.220 e. The molecule has 136 valence electrons. The molecule has 3 fully saturated rings. The third-order valence-corrected chi connectivity index (χ3v) is 5.70. The van der Waals surface area contributed by atoms with E-state index < -0.39 is 0 Å². The normalized spacial score (nSPS) is 30.2. The lowest BCUT2D eigenvalue weighted by atomic mass is 9.84. The van der Waals surface area contributed by atoms with Crippen LogP contribution >= 0.6 is 24.8 Å². The Morgan fingerprint density at radius 2 is 1.87 bits per heavy atom. The lowest BCUT2D eigenvalue weighted by Crippen LogP contribution is -2.39. The van der Waals surface area contributed by atoms with Crippen LogP contribution in [0.4, 0.5) is 0 Å². The Morgan fingerprint density at radius 1 is 1.22 bits per heavy atom. The van der Waals surface area contributed by atoms with Crippen LogP contribution in [-0.4, -0.2) is 48.6 Å². The topological polar surface area (TPSA) is 44.4 Å². The second kappa shape index (κ2) is 9.45. The van der Waals surface area contributed by atoms with E-state index in [9.17, 15) is 4.79 Å². The highest BCUT2D eigenvalue weighted by Crippen LogP contribution is 2.33. The van der Waals surface area contributed by atoms with Gasteiger partial charge >= 0.3 is 0 Å². The molecule has 1 amide bonds. The summed E-state index contributed by atoms with van der Waals surface area (Å²) in [5.41, 5.74) is 0. The molecule has 2 aliphatic heterocycles. The average molecular weight is 366 g/mol. The molecule has 0 aromatic carbocycles. The summed E-state index contributed by atoms with van der Waals surface area (Å²) in [6, 6.07) is 1.84. The maximum atomic E-state index is 12.3. The van der Waals surface area contributed by atoms with Gasteiger partial charge in [-0.2, -0.15) is 0 Å². The molecular weight excluding hydrogens is 333 g/mol. The smallest absolute Gasteiger partial charge is 0.220 e. The molecule has 0 bridgehead atoms. The Bertz CT molecular complexity index is 373. The fraction of sp³-hybridized carbons (Fsp3) is 0.941. The SMILES string of the molecule is CC(CC(=O)NC1CC(C)N(C2CC2)C1)C1CCNCC1.Cl.Cl. The van der Waals surface area contributed by atoms with Gasteiger partial charge in [-0.05, 0) is 64.0 Å². The monoisotopic (exact) mass is 365 g/mol. The lowest BCUT2D eigenvalue weighted by Gasteiger charge is -2.28. The molecule has 3 aliphatic rings. The van der Waals surface area contributed by atoms with Crippen molar-refractivity contribution in [2.75, 3.05) is 19.6 Å². The first kappa shape index (κ1) is 21.0. The minimum atomic E-state index is 0. The number of nitrogens with zero attached hydrogens (tertiary/aromatic N) is 1. The van der Waals surface area contributed by atoms with Crippen LogP contribution in [0.2, 0.25) is 0 Å². The molecule has 3 atom stereocenters. The highest BCUT2D eigenvalue weighted by Gasteiger charge is 2.39. The van der Waals surface area contributed by atoms with E-state index in [4.69, 9.17) is 0 Å². The number of piperidine rings is 1. The third-order valence-electron chi connectivity index (χ3n) is 5.70. The van der Waals surface area contributed by atoms with E-state index in [0.717, 1.165) is 38.0 Å². The molecule has 1 aliphatic carbocycles. The first-order valence-electron chi connectivity index (χ1n) is 8.89. The molecule has 0 radical (unpaired) electrons. The molecule has 3 unspecified atom stereocenters. The van der Waals surface area contributed by atoms with E-state index >= 15 is 0 Å². The molecular formula is C17H33Cl2N3O. The van der Waals surface area contributed by atoms with Gasteiger partial charge in [-0.1, -0.05) is 6.92 Å². The van der Waals surface area contributed by atoms with Crippen molar-refractivity contribution in [1.29, 1.82) is 0 Å². The van der Waals surface area contributed by atoms with Crippen molar-refractivity contribution in [3.63, 3.8) is 0 Å². The predicted octanol–water partition coefficient (Wildman–Crippen LogP) is 2.60. The van der Waals surface area contributed by atoms with Crippen LogP contribution in [-0.2, 0) is 4.79 Å². The Kier molecular flexibility index (Phi) is 8.64. The van der Waals surface area contributed by atoms with Crippen molar-refractivity contribution in [2.45, 2.75) is 70.5 Å². The fourth-order valence-corrected chi connectivity index (χ4v) is 4.23. The van der Waals surface area contributed by atoms with Crippen molar-refractivity contribution in [2.24, 2.45) is 11.8 Å². The second-order valence-electron chi connectivity index (χ2n) is 7.55. The molecule has 2 heterocycles. The highest BCUT2D eigenvalue weighted by molar-refractivity contribution is 5.85. The van der Waals surface area contributed by atoms with E-state index in [-0.39, 0.29) is 30.7 Å². The summed E-state index contributed by atoms with van der Waals surface area (Å²) in [5.74, 6) is 1.52. The van der Waals surface area contributed by atoms with Crippen LogP contribution in [0.5, 0.6) is 0 Å². The quantitative estimate of drug-likeness (QED) is 0.786. The van der Waals surface area contributed by atoms with Gasteiger partial charge in [-0.25, -0.2) is 0 Å². The zero-order valence-electron chi connectivity index (χ0n) is 14.4. The number of nitrogens with one attached hydrogen (secondary N) is 2. The Balaban J connectivity index is 0.00000132. The number of rotatable bonds is 5. The number of halogens is 2. The Hall–Kier alpha value is -0.0300. The van der Waals surface area contributed by atoms with Gasteiger partial charge in [0.2, 0.25) is 5.91 Å². The van der Waals surface area contributed by atoms with E-state index in [2.05, 4.69) is 29.4 Å². The van der Waals surface area contributed by atoms with Gasteiger partial charge in [0.15, 0.2) is 0 Å². The Labute approximate surface area is 153 Å². The van der Waals surface area contributed by atoms with Crippen molar-refractivity contribution in [1.82, 2.24) is 15.5 Å². The van der Waals surface area contributed by atoms with Gasteiger partial charge in [-0.3, -0.25) is 9.69 Å². The van der Waals surface area contributed by atoms with Gasteiger partial charge < -0.3 is 10.6 Å². The second-order valence-corrected chi connectivity index (χ2v) is 7.55. The molecule has 1 saturated carbocycles. The lowest BCUT2D eigenvalue weighted by molar-refractivity contribution is -0.123. The third kappa shape index (κ3) is 5.77. The first-order chi connectivity index (χ1) is 10.1. The van der Waals surface area contributed by atoms with Gasteiger partial charge in [0, 0.05) is 31.1 Å². The van der Waals surface area contributed by atoms with E-state index in [1.165, 1.54) is 25.7 Å². The number of carbonyl (C=O) groups is 1. The van der Waals surface area contributed by atoms with E-state index in [1.54, 1.807) is 0 Å². The standard InChI is InChI=1S/C17H31N3O.2ClH/c1-12(14-5-7-18-8-6-14)9-17(21)19-15-10-13(2)20(11-15)16-3-4-16;;/h12-16,18H,3-11H2,1-2H3,(H,19,21);2*1H. The van der Waals surface area contributed by atoms with Crippen LogP contribution in [0.3, 0.4) is 0 Å². The Morgan fingerprint density at radius 3 is 2.48 bits per heavy atom. The fourth-order valence-electron chi connectivity index (χ4n) is 4.23. The van der Waals surface area contributed by atoms with Gasteiger partial charge in [0.25, 0.3) is 0 Å². The van der Waals surface area contributed by atoms with Gasteiger partial charge in [-0.15, -0.1) is 24.8 Å². The maximum absolute atomic E-state index is 12.3. The van der Waals surface area contributed by atoms with E-state index in [0.29, 0.717) is 24.4 Å². The number of amides is 1. The average Bonchev–Trinajstić information content (AvgIpc) is 3.24. The van der Waals surface area contributed by atoms with Crippen molar-refractivity contribution in [3.05, 3.63) is 0 Å². The van der Waals surface area contributed by atoms with E-state index in [1.807, 2.05) is 0 Å². The number of carbonyl (C=O) groups excluding carboxylic acids is 1. The van der Waals surface area contributed by atoms with Gasteiger partial charge in [0.1, 0.15) is 0 Å². The number of likely N-dealkylation sites (tertiary alicyclic amines) is 1. The van der Waals surface area contributed by atoms with Crippen LogP contribution in [0.1, 0.15) is 52.4 Å². The minimum Gasteiger partial charge on any atom is -0.352 e. The zero-order valence-corrected chi connectivity index (χ0v) is 16.1. The first-order valence-corrected chi connectivity index (χ1v) is 8.89. The minimum absolute atomic E-state index is 0. The summed E-state index contributed by atoms with van der Waals surface area (Å²) >= 11 is 0. The van der Waals surface area contributed by atoms with Crippen LogP contribution < -0.4 is 10.6 Å². The molecule has 0 spiro atoms. The molecule has 2 saturated heterocycles. The number of hydrogen-bond acceptors (Lipinski definition) is 3. The largest absolute Gasteiger partial charge is 0.352 e. The van der Waals surface area contributed by atoms with Crippen molar-refractivity contribution in [3.8, 4) is 0 Å². The van der Waals surface area contributed by atoms with Crippen molar-refractivity contribution < 1.29 is 4.79 Å². The van der Waals surface area contributed by atoms with Gasteiger partial charge in [0.05, 0.1) is 0 Å². The van der Waals surface area contributed by atoms with Crippen LogP contribution in [0.15, 0.2) is 0 Å². The molecule has 3 rings (SSSR count). The number of hydrogen-bond donors (Lipinski definition) is 2. The van der Waals surface area contributed by atoms with Crippen molar-refractivity contribution >= 4 is 30.7 Å². The van der Waals surface area contributed by atoms with Crippen LogP contribution in [0.25, 0.3) is 0 Å². The summed E-state index contributed by atoms with van der Waals surface area (Å²) in [7, 11) is 0. The molecule has 23 heavy (non-hydrogen) atoms. The van der Waals surface area contributed by atoms with Crippen LogP contribution in [0, 0.1) is 11.8 Å². The summed E-state index contributed by atoms with van der Waals surface area (Å²) in [4.78, 5) is 14.9. The molecule has 0 aromatic heterocycles. The molecule has 2 N–H and O–H groups in total.